The molecule has 1 aromatic carbocycles. The highest BCUT2D eigenvalue weighted by Crippen LogP contribution is 2.19. The monoisotopic (exact) mass is 363 g/mol. The summed E-state index contributed by atoms with van der Waals surface area (Å²) >= 11 is 0. The van der Waals surface area contributed by atoms with Gasteiger partial charge in [-0.1, -0.05) is 18.2 Å². The first-order valence-corrected chi connectivity index (χ1v) is 8.98. The molecular weight excluding hydrogens is 340 g/mol. The number of benzene rings is 1. The number of aryl methyl sites for hydroxylation is 1. The maximum Gasteiger partial charge on any atom is 0.286 e. The quantitative estimate of drug-likeness (QED) is 0.331. The molecule has 0 saturated carbocycles. The molecular formula is C20H23N6O+. The fourth-order valence-corrected chi connectivity index (χ4v) is 3.20. The minimum Gasteiger partial charge on any atom is -0.378 e. The molecule has 0 spiro atoms. The van der Waals surface area contributed by atoms with Gasteiger partial charge >= 0.3 is 0 Å². The van der Waals surface area contributed by atoms with Crippen LogP contribution < -0.4 is 10.1 Å². The summed E-state index contributed by atoms with van der Waals surface area (Å²) in [4.78, 5) is 1.97. The molecule has 4 rings (SSSR count). The van der Waals surface area contributed by atoms with E-state index in [2.05, 4.69) is 56.8 Å². The van der Waals surface area contributed by atoms with Crippen LogP contribution >= 0.6 is 0 Å². The van der Waals surface area contributed by atoms with E-state index in [1.54, 1.807) is 6.21 Å². The highest BCUT2D eigenvalue weighted by molar-refractivity contribution is 5.83. The SMILES string of the molecule is Cn1c(-c2ccc(/C=N/N=C(\N)N3CCOCC3)cc2)c[n+]2ccccc12. The van der Waals surface area contributed by atoms with Gasteiger partial charge in [-0.3, -0.25) is 0 Å². The molecule has 3 aromatic rings. The van der Waals surface area contributed by atoms with Crippen molar-refractivity contribution in [2.45, 2.75) is 0 Å². The first kappa shape index (κ1) is 17.2. The van der Waals surface area contributed by atoms with Gasteiger partial charge < -0.3 is 15.4 Å². The number of ether oxygens (including phenoxy) is 1. The second kappa shape index (κ2) is 7.59. The Balaban J connectivity index is 1.49. The Labute approximate surface area is 158 Å². The summed E-state index contributed by atoms with van der Waals surface area (Å²) in [6.07, 6.45) is 5.90. The number of hydrogen-bond acceptors (Lipinski definition) is 3. The first-order chi connectivity index (χ1) is 13.2. The highest BCUT2D eigenvalue weighted by Gasteiger charge is 2.15. The Morgan fingerprint density at radius 3 is 2.67 bits per heavy atom. The molecule has 138 valence electrons. The maximum atomic E-state index is 5.97. The summed E-state index contributed by atoms with van der Waals surface area (Å²) in [5.41, 5.74) is 10.4. The van der Waals surface area contributed by atoms with Gasteiger partial charge in [0, 0.05) is 24.7 Å². The molecule has 27 heavy (non-hydrogen) atoms. The first-order valence-electron chi connectivity index (χ1n) is 8.98. The number of nitrogens with two attached hydrogens (primary N) is 1. The lowest BCUT2D eigenvalue weighted by atomic mass is 10.1. The maximum absolute atomic E-state index is 5.97. The summed E-state index contributed by atoms with van der Waals surface area (Å²) in [5.74, 6) is 0.429. The van der Waals surface area contributed by atoms with Crippen LogP contribution in [0.15, 0.2) is 65.1 Å². The van der Waals surface area contributed by atoms with E-state index >= 15 is 0 Å². The van der Waals surface area contributed by atoms with E-state index in [1.165, 1.54) is 0 Å². The van der Waals surface area contributed by atoms with E-state index < -0.39 is 0 Å². The number of rotatable bonds is 3. The molecule has 0 unspecified atom stereocenters. The molecule has 1 aliphatic rings. The fourth-order valence-electron chi connectivity index (χ4n) is 3.20. The van der Waals surface area contributed by atoms with E-state index in [0.29, 0.717) is 19.2 Å². The van der Waals surface area contributed by atoms with Gasteiger partial charge in [0.2, 0.25) is 5.96 Å². The third-order valence-electron chi connectivity index (χ3n) is 4.74. The zero-order valence-electron chi connectivity index (χ0n) is 15.3. The van der Waals surface area contributed by atoms with Gasteiger partial charge in [-0.05, 0) is 23.8 Å². The molecule has 3 heterocycles. The van der Waals surface area contributed by atoms with Crippen LogP contribution in [-0.4, -0.2) is 47.9 Å². The summed E-state index contributed by atoms with van der Waals surface area (Å²) in [5, 5.41) is 8.21. The fraction of sp³-hybridized carbons (Fsp3) is 0.250. The zero-order chi connectivity index (χ0) is 18.6. The number of hydrogen-bond donors (Lipinski definition) is 1. The molecule has 7 heteroatoms. The van der Waals surface area contributed by atoms with Gasteiger partial charge in [0.25, 0.3) is 5.65 Å². The normalized spacial score (nSPS) is 15.7. The lowest BCUT2D eigenvalue weighted by molar-refractivity contribution is -0.510. The Hall–Kier alpha value is -3.19. The second-order valence-electron chi connectivity index (χ2n) is 6.46. The van der Waals surface area contributed by atoms with Crippen LogP contribution in [0.3, 0.4) is 0 Å². The summed E-state index contributed by atoms with van der Waals surface area (Å²) in [6.45, 7) is 2.85. The summed E-state index contributed by atoms with van der Waals surface area (Å²) in [6, 6.07) is 14.4. The highest BCUT2D eigenvalue weighted by atomic mass is 16.5. The third-order valence-corrected chi connectivity index (χ3v) is 4.74. The van der Waals surface area contributed by atoms with Crippen molar-refractivity contribution in [2.75, 3.05) is 26.3 Å². The molecule has 0 amide bonds. The molecule has 1 saturated heterocycles. The van der Waals surface area contributed by atoms with Gasteiger partial charge in [0.1, 0.15) is 6.20 Å². The molecule has 0 radical (unpaired) electrons. The predicted octanol–water partition coefficient (Wildman–Crippen LogP) is 1.41. The third kappa shape index (κ3) is 3.68. The van der Waals surface area contributed by atoms with Gasteiger partial charge in [0.15, 0.2) is 5.69 Å². The second-order valence-corrected chi connectivity index (χ2v) is 6.46. The van der Waals surface area contributed by atoms with Gasteiger partial charge in [-0.25, -0.2) is 8.97 Å². The van der Waals surface area contributed by atoms with E-state index in [-0.39, 0.29) is 0 Å². The lowest BCUT2D eigenvalue weighted by Crippen LogP contribution is -2.44. The average molecular weight is 363 g/mol. The van der Waals surface area contributed by atoms with Crippen LogP contribution in [0.5, 0.6) is 0 Å². The largest absolute Gasteiger partial charge is 0.378 e. The topological polar surface area (TPSA) is 72.2 Å². The van der Waals surface area contributed by atoms with Crippen molar-refractivity contribution in [3.63, 3.8) is 0 Å². The molecule has 1 fully saturated rings. The molecule has 0 aliphatic carbocycles. The van der Waals surface area contributed by atoms with E-state index in [0.717, 1.165) is 35.6 Å². The number of imidazole rings is 1. The number of guanidine groups is 1. The van der Waals surface area contributed by atoms with Crippen molar-refractivity contribution >= 4 is 17.8 Å². The Bertz CT molecular complexity index is 983. The number of nitrogens with zero attached hydrogens (tertiary/aromatic N) is 5. The van der Waals surface area contributed by atoms with Crippen LogP contribution in [0.1, 0.15) is 5.56 Å². The van der Waals surface area contributed by atoms with Crippen LogP contribution in [0.2, 0.25) is 0 Å². The molecule has 2 N–H and O–H groups in total. The Morgan fingerprint density at radius 1 is 1.15 bits per heavy atom. The summed E-state index contributed by atoms with van der Waals surface area (Å²) < 4.78 is 9.60. The van der Waals surface area contributed by atoms with Crippen LogP contribution in [0.25, 0.3) is 16.9 Å². The van der Waals surface area contributed by atoms with Gasteiger partial charge in [-0.2, -0.15) is 5.10 Å². The van der Waals surface area contributed by atoms with Gasteiger partial charge in [-0.15, -0.1) is 5.10 Å². The predicted molar refractivity (Wildman–Crippen MR) is 106 cm³/mol. The molecule has 2 aromatic heterocycles. The van der Waals surface area contributed by atoms with E-state index in [1.807, 2.05) is 29.2 Å². The minimum absolute atomic E-state index is 0.429. The standard InChI is InChI=1S/C20H23N6O/c1-24-18(15-26-9-3-2-4-19(24)26)17-7-5-16(6-8-17)14-22-23-20(21)25-10-12-27-13-11-25/h2-9,14-15H,10-13H2,1H3,(H2,21,23)/q+1/b22-14+. The number of pyridine rings is 1. The smallest absolute Gasteiger partial charge is 0.286 e. The molecule has 0 atom stereocenters. The minimum atomic E-state index is 0.429. The van der Waals surface area contributed by atoms with Crippen molar-refractivity contribution in [1.29, 1.82) is 0 Å². The zero-order valence-corrected chi connectivity index (χ0v) is 15.3. The Morgan fingerprint density at radius 2 is 1.93 bits per heavy atom. The van der Waals surface area contributed by atoms with Crippen molar-refractivity contribution in [3.8, 4) is 11.3 Å². The number of morpholine rings is 1. The van der Waals surface area contributed by atoms with E-state index in [9.17, 15) is 0 Å². The Kier molecular flexibility index (Phi) is 4.84. The van der Waals surface area contributed by atoms with Crippen LogP contribution in [0.4, 0.5) is 0 Å². The van der Waals surface area contributed by atoms with Crippen molar-refractivity contribution in [1.82, 2.24) is 9.47 Å². The van der Waals surface area contributed by atoms with Crippen molar-refractivity contribution < 1.29 is 9.14 Å². The van der Waals surface area contributed by atoms with Crippen molar-refractivity contribution in [3.05, 3.63) is 60.4 Å². The van der Waals surface area contributed by atoms with Crippen LogP contribution in [0, 0.1) is 0 Å². The average Bonchev–Trinajstić information content (AvgIpc) is 3.06. The van der Waals surface area contributed by atoms with Gasteiger partial charge in [0.05, 0.1) is 32.7 Å². The van der Waals surface area contributed by atoms with Crippen LogP contribution in [-0.2, 0) is 11.8 Å². The summed E-state index contributed by atoms with van der Waals surface area (Å²) in [7, 11) is 2.07. The number of fused-ring (bicyclic) bond motifs is 1. The molecule has 1 aliphatic heterocycles. The lowest BCUT2D eigenvalue weighted by Gasteiger charge is -2.26. The van der Waals surface area contributed by atoms with E-state index in [4.69, 9.17) is 10.5 Å². The number of aromatic nitrogens is 2. The molecule has 7 nitrogen and oxygen atoms in total. The molecule has 0 bridgehead atoms. The van der Waals surface area contributed by atoms with Crippen molar-refractivity contribution in [2.24, 2.45) is 23.0 Å².